The Labute approximate surface area is 172 Å². The molecule has 11 nitrogen and oxygen atoms in total. The van der Waals surface area contributed by atoms with E-state index in [1.807, 2.05) is 11.6 Å². The van der Waals surface area contributed by atoms with Crippen LogP contribution in [0.2, 0.25) is 0 Å². The molecule has 0 radical (unpaired) electrons. The summed E-state index contributed by atoms with van der Waals surface area (Å²) in [5.74, 6) is -4.57. The van der Waals surface area contributed by atoms with Gasteiger partial charge in [0.1, 0.15) is 18.1 Å². The minimum atomic E-state index is -1.66. The first-order valence-corrected chi connectivity index (χ1v) is 10.3. The SMILES string of the molecule is CSCCC(N)C(=O)NC(C)C(=O)NC(CS)C(=O)NC(CC(=O)O)C(=O)O. The Morgan fingerprint density at radius 3 is 2.04 bits per heavy atom. The molecule has 3 amide bonds. The lowest BCUT2D eigenvalue weighted by molar-refractivity contribution is -0.147. The summed E-state index contributed by atoms with van der Waals surface area (Å²) in [4.78, 5) is 58.0. The number of nitrogens with one attached hydrogen (secondary N) is 3. The molecule has 0 rings (SSSR count). The van der Waals surface area contributed by atoms with E-state index in [1.165, 1.54) is 18.7 Å². The zero-order valence-corrected chi connectivity index (χ0v) is 17.2. The average molecular weight is 439 g/mol. The first kappa shape index (κ1) is 26.0. The molecule has 0 aliphatic rings. The largest absolute Gasteiger partial charge is 0.481 e. The van der Waals surface area contributed by atoms with Gasteiger partial charge in [-0.2, -0.15) is 24.4 Å². The van der Waals surface area contributed by atoms with Crippen molar-refractivity contribution in [3.63, 3.8) is 0 Å². The van der Waals surface area contributed by atoms with Crippen LogP contribution in [-0.4, -0.2) is 81.8 Å². The van der Waals surface area contributed by atoms with Gasteiger partial charge in [-0.1, -0.05) is 0 Å². The zero-order chi connectivity index (χ0) is 21.9. The fourth-order valence-electron chi connectivity index (χ4n) is 1.90. The Kier molecular flexibility index (Phi) is 12.3. The number of hydrogen-bond donors (Lipinski definition) is 7. The smallest absolute Gasteiger partial charge is 0.326 e. The van der Waals surface area contributed by atoms with E-state index in [0.29, 0.717) is 12.2 Å². The number of nitrogens with two attached hydrogens (primary N) is 1. The number of carbonyl (C=O) groups is 5. The normalized spacial score (nSPS) is 14.9. The molecule has 0 aliphatic carbocycles. The molecule has 0 aliphatic heterocycles. The van der Waals surface area contributed by atoms with Crippen LogP contribution in [0.15, 0.2) is 0 Å². The van der Waals surface area contributed by atoms with Gasteiger partial charge < -0.3 is 31.9 Å². The summed E-state index contributed by atoms with van der Waals surface area (Å²) in [6, 6.07) is -4.66. The molecule has 0 saturated heterocycles. The van der Waals surface area contributed by atoms with E-state index < -0.39 is 60.2 Å². The number of rotatable bonds is 13. The lowest BCUT2D eigenvalue weighted by Gasteiger charge is -2.22. The number of thiol groups is 1. The second-order valence-corrected chi connectivity index (χ2v) is 7.21. The number of aliphatic carboxylic acids is 2. The maximum absolute atomic E-state index is 12.2. The van der Waals surface area contributed by atoms with E-state index in [0.717, 1.165) is 0 Å². The predicted molar refractivity (Wildman–Crippen MR) is 106 cm³/mol. The predicted octanol–water partition coefficient (Wildman–Crippen LogP) is -1.97. The third-order valence-corrected chi connectivity index (χ3v) is 4.54. The Morgan fingerprint density at radius 2 is 1.57 bits per heavy atom. The molecule has 13 heteroatoms. The molecule has 4 atom stereocenters. The summed E-state index contributed by atoms with van der Waals surface area (Å²) in [6.07, 6.45) is 1.48. The molecule has 28 heavy (non-hydrogen) atoms. The number of carboxylic acids is 2. The van der Waals surface area contributed by atoms with Crippen LogP contribution in [0.1, 0.15) is 19.8 Å². The maximum Gasteiger partial charge on any atom is 0.326 e. The Balaban J connectivity index is 4.79. The summed E-state index contributed by atoms with van der Waals surface area (Å²) in [6.45, 7) is 1.40. The van der Waals surface area contributed by atoms with Gasteiger partial charge in [0, 0.05) is 5.75 Å². The van der Waals surface area contributed by atoms with Crippen LogP contribution in [0.25, 0.3) is 0 Å². The third-order valence-electron chi connectivity index (χ3n) is 3.53. The maximum atomic E-state index is 12.2. The van der Waals surface area contributed by atoms with Crippen molar-refractivity contribution in [1.29, 1.82) is 0 Å². The summed E-state index contributed by atoms with van der Waals surface area (Å²) in [5, 5.41) is 24.4. The molecule has 4 unspecified atom stereocenters. The second-order valence-electron chi connectivity index (χ2n) is 5.86. The molecular formula is C15H26N4O7S2. The molecule has 0 saturated carbocycles. The van der Waals surface area contributed by atoms with Crippen molar-refractivity contribution in [1.82, 2.24) is 16.0 Å². The van der Waals surface area contributed by atoms with E-state index in [1.54, 1.807) is 0 Å². The van der Waals surface area contributed by atoms with E-state index >= 15 is 0 Å². The van der Waals surface area contributed by atoms with Gasteiger partial charge in [-0.05, 0) is 25.4 Å². The van der Waals surface area contributed by atoms with E-state index in [9.17, 15) is 24.0 Å². The van der Waals surface area contributed by atoms with Crippen molar-refractivity contribution in [3.05, 3.63) is 0 Å². The van der Waals surface area contributed by atoms with Gasteiger partial charge in [0.15, 0.2) is 0 Å². The number of thioether (sulfide) groups is 1. The highest BCUT2D eigenvalue weighted by Gasteiger charge is 2.29. The third kappa shape index (κ3) is 9.80. The highest BCUT2D eigenvalue weighted by atomic mass is 32.2. The summed E-state index contributed by atoms with van der Waals surface area (Å²) in [5.41, 5.74) is 5.71. The number of hydrogen-bond acceptors (Lipinski definition) is 8. The first-order valence-electron chi connectivity index (χ1n) is 8.24. The minimum Gasteiger partial charge on any atom is -0.481 e. The average Bonchev–Trinajstić information content (AvgIpc) is 2.62. The summed E-state index contributed by atoms with van der Waals surface area (Å²) >= 11 is 5.46. The Bertz CT molecular complexity index is 591. The van der Waals surface area contributed by atoms with Gasteiger partial charge in [-0.25, -0.2) is 4.79 Å². The molecule has 0 spiro atoms. The molecule has 0 aromatic carbocycles. The van der Waals surface area contributed by atoms with E-state index in [-0.39, 0.29) is 5.75 Å². The van der Waals surface area contributed by atoms with Gasteiger partial charge in [0.05, 0.1) is 12.5 Å². The highest BCUT2D eigenvalue weighted by molar-refractivity contribution is 7.98. The molecule has 0 heterocycles. The standard InChI is InChI=1S/C15H26N4O7S2/c1-7(17-13(23)8(16)3-4-28-2)12(22)19-10(6-27)14(24)18-9(15(25)26)5-11(20)21/h7-10,27H,3-6,16H2,1-2H3,(H,17,23)(H,18,24)(H,19,22)(H,20,21)(H,25,26). The van der Waals surface area contributed by atoms with Gasteiger partial charge in [0.2, 0.25) is 17.7 Å². The van der Waals surface area contributed by atoms with Crippen molar-refractivity contribution < 1.29 is 34.2 Å². The number of carboxylic acid groups (broad SMARTS) is 2. The van der Waals surface area contributed by atoms with Gasteiger partial charge in [-0.15, -0.1) is 0 Å². The number of amides is 3. The van der Waals surface area contributed by atoms with Crippen LogP contribution >= 0.6 is 24.4 Å². The summed E-state index contributed by atoms with van der Waals surface area (Å²) < 4.78 is 0. The van der Waals surface area contributed by atoms with Crippen LogP contribution in [0.4, 0.5) is 0 Å². The van der Waals surface area contributed by atoms with Crippen LogP contribution < -0.4 is 21.7 Å². The molecule has 7 N–H and O–H groups in total. The van der Waals surface area contributed by atoms with Crippen molar-refractivity contribution >= 4 is 54.1 Å². The second kappa shape index (κ2) is 13.2. The van der Waals surface area contributed by atoms with Crippen molar-refractivity contribution in [2.75, 3.05) is 17.8 Å². The quantitative estimate of drug-likeness (QED) is 0.160. The fourth-order valence-corrected chi connectivity index (χ4v) is 2.65. The first-order chi connectivity index (χ1) is 13.0. The van der Waals surface area contributed by atoms with Crippen LogP contribution in [-0.2, 0) is 24.0 Å². The Hall–Kier alpha value is -1.99. The lowest BCUT2D eigenvalue weighted by atomic mass is 10.1. The van der Waals surface area contributed by atoms with Crippen molar-refractivity contribution in [3.8, 4) is 0 Å². The van der Waals surface area contributed by atoms with E-state index in [4.69, 9.17) is 15.9 Å². The van der Waals surface area contributed by atoms with Crippen molar-refractivity contribution in [2.24, 2.45) is 5.73 Å². The molecule has 0 aromatic heterocycles. The monoisotopic (exact) mass is 438 g/mol. The molecule has 0 fully saturated rings. The minimum absolute atomic E-state index is 0.176. The summed E-state index contributed by atoms with van der Waals surface area (Å²) in [7, 11) is 0. The fraction of sp³-hybridized carbons (Fsp3) is 0.667. The van der Waals surface area contributed by atoms with Crippen LogP contribution in [0.5, 0.6) is 0 Å². The van der Waals surface area contributed by atoms with Gasteiger partial charge in [0.25, 0.3) is 0 Å². The van der Waals surface area contributed by atoms with Gasteiger partial charge in [-0.3, -0.25) is 19.2 Å². The van der Waals surface area contributed by atoms with Crippen molar-refractivity contribution in [2.45, 2.75) is 43.9 Å². The van der Waals surface area contributed by atoms with Crippen LogP contribution in [0.3, 0.4) is 0 Å². The zero-order valence-electron chi connectivity index (χ0n) is 15.5. The topological polar surface area (TPSA) is 188 Å². The van der Waals surface area contributed by atoms with Crippen LogP contribution in [0, 0.1) is 0 Å². The molecule has 0 aromatic rings. The highest BCUT2D eigenvalue weighted by Crippen LogP contribution is 2.00. The van der Waals surface area contributed by atoms with Gasteiger partial charge >= 0.3 is 11.9 Å². The van der Waals surface area contributed by atoms with E-state index in [2.05, 4.69) is 23.3 Å². The number of carbonyl (C=O) groups excluding carboxylic acids is 3. The Morgan fingerprint density at radius 1 is 1.00 bits per heavy atom. The molecule has 0 bridgehead atoms. The lowest BCUT2D eigenvalue weighted by Crippen LogP contribution is -2.57. The molecular weight excluding hydrogens is 412 g/mol. The molecule has 160 valence electrons.